The highest BCUT2D eigenvalue weighted by atomic mass is 32.2. The molecule has 0 fully saturated rings. The third kappa shape index (κ3) is 2.96. The summed E-state index contributed by atoms with van der Waals surface area (Å²) in [4.78, 5) is 20.0. The van der Waals surface area contributed by atoms with E-state index in [0.29, 0.717) is 10.9 Å². The summed E-state index contributed by atoms with van der Waals surface area (Å²) in [6.07, 6.45) is 3.23. The molecular formula is C11H10N8O3S. The Kier molecular flexibility index (Phi) is 4.14. The van der Waals surface area contributed by atoms with E-state index in [2.05, 4.69) is 35.2 Å². The minimum Gasteiger partial charge on any atom is -0.464 e. The number of esters is 1. The van der Waals surface area contributed by atoms with E-state index in [1.165, 1.54) is 23.6 Å². The van der Waals surface area contributed by atoms with Gasteiger partial charge in [-0.05, 0) is 16.4 Å². The van der Waals surface area contributed by atoms with Gasteiger partial charge in [-0.15, -0.1) is 5.10 Å². The van der Waals surface area contributed by atoms with Crippen molar-refractivity contribution in [3.8, 4) is 5.82 Å². The zero-order valence-corrected chi connectivity index (χ0v) is 12.6. The summed E-state index contributed by atoms with van der Waals surface area (Å²) in [7, 11) is 1.25. The molecule has 0 amide bonds. The number of nitrogens with zero attached hydrogens (tertiary/aromatic N) is 7. The van der Waals surface area contributed by atoms with Gasteiger partial charge in [-0.1, -0.05) is 17.0 Å². The van der Waals surface area contributed by atoms with Gasteiger partial charge in [0.25, 0.3) is 0 Å². The summed E-state index contributed by atoms with van der Waals surface area (Å²) < 4.78 is 10.5. The van der Waals surface area contributed by atoms with Gasteiger partial charge in [-0.3, -0.25) is 0 Å². The molecule has 0 aliphatic heterocycles. The molecule has 0 radical (unpaired) electrons. The third-order valence-electron chi connectivity index (χ3n) is 2.72. The van der Waals surface area contributed by atoms with Gasteiger partial charge in [0, 0.05) is 18.1 Å². The standard InChI is InChI=1S/C11H10N8O3S/c1-21-10(20)7-6(5-23-11-13-3-2-4-14-11)19(18-15-7)9-8(12)16-22-17-9/h2-4H,5H2,1H3,(H2,12,16). The van der Waals surface area contributed by atoms with E-state index in [9.17, 15) is 4.79 Å². The molecule has 0 spiro atoms. The molecule has 0 aliphatic carbocycles. The van der Waals surface area contributed by atoms with Crippen LogP contribution in [0.15, 0.2) is 28.2 Å². The van der Waals surface area contributed by atoms with Gasteiger partial charge >= 0.3 is 5.97 Å². The van der Waals surface area contributed by atoms with E-state index in [-0.39, 0.29) is 23.1 Å². The summed E-state index contributed by atoms with van der Waals surface area (Å²) in [6, 6.07) is 1.71. The molecule has 0 saturated carbocycles. The first kappa shape index (κ1) is 14.9. The zero-order valence-electron chi connectivity index (χ0n) is 11.8. The Morgan fingerprint density at radius 1 is 1.39 bits per heavy atom. The van der Waals surface area contributed by atoms with E-state index in [1.54, 1.807) is 18.5 Å². The van der Waals surface area contributed by atoms with Crippen LogP contribution in [0.1, 0.15) is 16.2 Å². The molecule has 0 unspecified atom stereocenters. The monoisotopic (exact) mass is 334 g/mol. The molecule has 118 valence electrons. The number of nitrogen functional groups attached to an aromatic ring is 1. The lowest BCUT2D eigenvalue weighted by Crippen LogP contribution is -2.09. The fourth-order valence-corrected chi connectivity index (χ4v) is 2.48. The third-order valence-corrected chi connectivity index (χ3v) is 3.60. The first-order valence-electron chi connectivity index (χ1n) is 6.21. The molecule has 3 aromatic heterocycles. The molecule has 23 heavy (non-hydrogen) atoms. The number of hydrogen-bond donors (Lipinski definition) is 1. The van der Waals surface area contributed by atoms with E-state index in [0.717, 1.165) is 0 Å². The lowest BCUT2D eigenvalue weighted by Gasteiger charge is -2.04. The molecule has 2 N–H and O–H groups in total. The predicted octanol–water partition coefficient (Wildman–Crippen LogP) is 0.101. The molecule has 0 aliphatic rings. The number of carbonyl (C=O) groups is 1. The largest absolute Gasteiger partial charge is 0.464 e. The first-order valence-corrected chi connectivity index (χ1v) is 7.20. The van der Waals surface area contributed by atoms with Crippen LogP contribution in [-0.4, -0.2) is 48.4 Å². The number of anilines is 1. The maximum Gasteiger partial charge on any atom is 0.360 e. The molecule has 0 aromatic carbocycles. The molecule has 0 bridgehead atoms. The van der Waals surface area contributed by atoms with Crippen molar-refractivity contribution in [3.63, 3.8) is 0 Å². The highest BCUT2D eigenvalue weighted by Crippen LogP contribution is 2.23. The van der Waals surface area contributed by atoms with E-state index >= 15 is 0 Å². The summed E-state index contributed by atoms with van der Waals surface area (Å²) in [5.41, 5.74) is 6.12. The summed E-state index contributed by atoms with van der Waals surface area (Å²) in [5.74, 6) is -0.185. The van der Waals surface area contributed by atoms with Crippen LogP contribution < -0.4 is 5.73 Å². The highest BCUT2D eigenvalue weighted by Gasteiger charge is 2.24. The smallest absolute Gasteiger partial charge is 0.360 e. The normalized spacial score (nSPS) is 10.7. The van der Waals surface area contributed by atoms with Crippen LogP contribution in [0.5, 0.6) is 0 Å². The van der Waals surface area contributed by atoms with Crippen molar-refractivity contribution in [1.82, 2.24) is 35.3 Å². The Hall–Kier alpha value is -3.02. The van der Waals surface area contributed by atoms with E-state index < -0.39 is 5.97 Å². The quantitative estimate of drug-likeness (QED) is 0.384. The van der Waals surface area contributed by atoms with Crippen LogP contribution in [0.2, 0.25) is 0 Å². The molecule has 3 rings (SSSR count). The second-order valence-electron chi connectivity index (χ2n) is 4.08. The SMILES string of the molecule is COC(=O)c1nnn(-c2nonc2N)c1CSc1ncccn1. The summed E-state index contributed by atoms with van der Waals surface area (Å²) in [5, 5.41) is 15.4. The number of ether oxygens (including phenoxy) is 1. The highest BCUT2D eigenvalue weighted by molar-refractivity contribution is 7.98. The lowest BCUT2D eigenvalue weighted by atomic mass is 10.3. The van der Waals surface area contributed by atoms with Gasteiger partial charge < -0.3 is 10.5 Å². The molecule has 11 nitrogen and oxygen atoms in total. The van der Waals surface area contributed by atoms with Gasteiger partial charge in [0.05, 0.1) is 12.8 Å². The van der Waals surface area contributed by atoms with Crippen molar-refractivity contribution in [3.05, 3.63) is 29.8 Å². The number of hydrogen-bond acceptors (Lipinski definition) is 11. The number of rotatable bonds is 5. The Morgan fingerprint density at radius 3 is 2.83 bits per heavy atom. The van der Waals surface area contributed by atoms with Crippen molar-refractivity contribution in [2.24, 2.45) is 0 Å². The van der Waals surface area contributed by atoms with Crippen LogP contribution >= 0.6 is 11.8 Å². The zero-order chi connectivity index (χ0) is 16.2. The topological polar surface area (TPSA) is 148 Å². The van der Waals surface area contributed by atoms with Crippen molar-refractivity contribution >= 4 is 23.5 Å². The van der Waals surface area contributed by atoms with Gasteiger partial charge in [0.2, 0.25) is 11.6 Å². The number of nitrogens with two attached hydrogens (primary N) is 1. The maximum absolute atomic E-state index is 11.8. The Bertz CT molecular complexity index is 818. The van der Waals surface area contributed by atoms with Crippen molar-refractivity contribution in [2.45, 2.75) is 10.9 Å². The first-order chi connectivity index (χ1) is 11.2. The average molecular weight is 334 g/mol. The minimum atomic E-state index is -0.629. The fraction of sp³-hybridized carbons (Fsp3) is 0.182. The Labute approximate surface area is 133 Å². The number of carbonyl (C=O) groups excluding carboxylic acids is 1. The second-order valence-corrected chi connectivity index (χ2v) is 5.02. The van der Waals surface area contributed by atoms with E-state index in [1.807, 2.05) is 0 Å². The van der Waals surface area contributed by atoms with Gasteiger partial charge in [0.1, 0.15) is 0 Å². The summed E-state index contributed by atoms with van der Waals surface area (Å²) >= 11 is 1.29. The van der Waals surface area contributed by atoms with Crippen LogP contribution in [-0.2, 0) is 10.5 Å². The molecule has 3 heterocycles. The fourth-order valence-electron chi connectivity index (χ4n) is 1.69. The van der Waals surface area contributed by atoms with Crippen LogP contribution in [0, 0.1) is 0 Å². The second kappa shape index (κ2) is 6.39. The van der Waals surface area contributed by atoms with E-state index in [4.69, 9.17) is 10.5 Å². The Balaban J connectivity index is 1.96. The number of methoxy groups -OCH3 is 1. The molecule has 0 atom stereocenters. The molecule has 12 heteroatoms. The minimum absolute atomic E-state index is 0.0218. The van der Waals surface area contributed by atoms with Crippen molar-refractivity contribution in [2.75, 3.05) is 12.8 Å². The van der Waals surface area contributed by atoms with Gasteiger partial charge in [-0.25, -0.2) is 19.4 Å². The molecular weight excluding hydrogens is 324 g/mol. The van der Waals surface area contributed by atoms with Crippen LogP contribution in [0.3, 0.4) is 0 Å². The summed E-state index contributed by atoms with van der Waals surface area (Å²) in [6.45, 7) is 0. The van der Waals surface area contributed by atoms with Crippen molar-refractivity contribution in [1.29, 1.82) is 0 Å². The van der Waals surface area contributed by atoms with Gasteiger partial charge in [-0.2, -0.15) is 4.68 Å². The van der Waals surface area contributed by atoms with Crippen molar-refractivity contribution < 1.29 is 14.2 Å². The number of aromatic nitrogens is 7. The lowest BCUT2D eigenvalue weighted by molar-refractivity contribution is 0.0593. The Morgan fingerprint density at radius 2 is 2.17 bits per heavy atom. The predicted molar refractivity (Wildman–Crippen MR) is 76.6 cm³/mol. The average Bonchev–Trinajstić information content (AvgIpc) is 3.18. The molecule has 0 saturated heterocycles. The molecule has 3 aromatic rings. The maximum atomic E-state index is 11.8. The van der Waals surface area contributed by atoms with Gasteiger partial charge in [0.15, 0.2) is 10.9 Å². The number of thioether (sulfide) groups is 1. The van der Waals surface area contributed by atoms with Crippen LogP contribution in [0.25, 0.3) is 5.82 Å². The van der Waals surface area contributed by atoms with Crippen LogP contribution in [0.4, 0.5) is 5.82 Å².